The second kappa shape index (κ2) is 9.34. The molecule has 4 aromatic rings. The van der Waals surface area contributed by atoms with Gasteiger partial charge in [0.2, 0.25) is 0 Å². The van der Waals surface area contributed by atoms with Gasteiger partial charge in [0.25, 0.3) is 5.91 Å². The number of carbonyl (C=O) groups excluding carboxylic acids is 1. The quantitative estimate of drug-likeness (QED) is 0.411. The van der Waals surface area contributed by atoms with Crippen molar-refractivity contribution in [1.82, 2.24) is 15.3 Å². The van der Waals surface area contributed by atoms with E-state index in [9.17, 15) is 4.79 Å². The Morgan fingerprint density at radius 2 is 1.97 bits per heavy atom. The standard InChI is InChI=1S/C25H21ClN4O3/c26-16-8-9-23-20(13-16)29-19(18-6-1-2-7-22(18)33-23)14-24-30-21(15-32-24)25(31)28-12-10-17-5-3-4-11-27-17/h1-9,11,13,15,19,29H,10,12,14H2,(H,28,31). The van der Waals surface area contributed by atoms with Crippen LogP contribution in [0.25, 0.3) is 0 Å². The van der Waals surface area contributed by atoms with E-state index in [-0.39, 0.29) is 17.6 Å². The highest BCUT2D eigenvalue weighted by atomic mass is 35.5. The minimum atomic E-state index is -0.282. The summed E-state index contributed by atoms with van der Waals surface area (Å²) in [5, 5.41) is 6.94. The molecule has 2 aromatic carbocycles. The summed E-state index contributed by atoms with van der Waals surface area (Å²) in [5.41, 5.74) is 2.90. The predicted molar refractivity (Wildman–Crippen MR) is 125 cm³/mol. The number of nitrogens with zero attached hydrogens (tertiary/aromatic N) is 2. The fraction of sp³-hybridized carbons (Fsp3) is 0.160. The van der Waals surface area contributed by atoms with E-state index >= 15 is 0 Å². The van der Waals surface area contributed by atoms with Crippen molar-refractivity contribution < 1.29 is 13.9 Å². The van der Waals surface area contributed by atoms with Gasteiger partial charge in [-0.25, -0.2) is 4.98 Å². The second-order valence-corrected chi connectivity index (χ2v) is 8.07. The van der Waals surface area contributed by atoms with Crippen LogP contribution in [0.2, 0.25) is 5.02 Å². The van der Waals surface area contributed by atoms with Crippen molar-refractivity contribution in [2.24, 2.45) is 0 Å². The number of rotatable bonds is 6. The summed E-state index contributed by atoms with van der Waals surface area (Å²) in [4.78, 5) is 21.2. The first kappa shape index (κ1) is 21.0. The van der Waals surface area contributed by atoms with Crippen LogP contribution >= 0.6 is 11.6 Å². The number of nitrogens with one attached hydrogen (secondary N) is 2. The molecule has 3 heterocycles. The zero-order chi connectivity index (χ0) is 22.6. The van der Waals surface area contributed by atoms with Crippen molar-refractivity contribution in [2.75, 3.05) is 11.9 Å². The lowest BCUT2D eigenvalue weighted by Crippen LogP contribution is -2.26. The van der Waals surface area contributed by atoms with Gasteiger partial charge in [-0.2, -0.15) is 0 Å². The van der Waals surface area contributed by atoms with Gasteiger partial charge in [0.1, 0.15) is 12.0 Å². The van der Waals surface area contributed by atoms with E-state index in [4.69, 9.17) is 20.8 Å². The number of oxazole rings is 1. The summed E-state index contributed by atoms with van der Waals surface area (Å²) in [6, 6.07) is 18.8. The molecule has 2 N–H and O–H groups in total. The minimum Gasteiger partial charge on any atom is -0.455 e. The molecule has 5 rings (SSSR count). The average Bonchev–Trinajstić information content (AvgIpc) is 3.24. The number of para-hydroxylation sites is 1. The van der Waals surface area contributed by atoms with Gasteiger partial charge in [-0.1, -0.05) is 35.9 Å². The van der Waals surface area contributed by atoms with E-state index in [2.05, 4.69) is 20.6 Å². The number of amides is 1. The summed E-state index contributed by atoms with van der Waals surface area (Å²) in [6.07, 6.45) is 4.18. The van der Waals surface area contributed by atoms with E-state index in [0.29, 0.717) is 36.0 Å². The van der Waals surface area contributed by atoms with Crippen molar-refractivity contribution in [3.05, 3.63) is 101 Å². The first-order chi connectivity index (χ1) is 16.2. The van der Waals surface area contributed by atoms with Gasteiger partial charge in [0, 0.05) is 41.9 Å². The summed E-state index contributed by atoms with van der Waals surface area (Å²) < 4.78 is 11.7. The molecule has 0 saturated heterocycles. The summed E-state index contributed by atoms with van der Waals surface area (Å²) >= 11 is 6.19. The molecular formula is C25H21ClN4O3. The molecule has 166 valence electrons. The number of hydrogen-bond donors (Lipinski definition) is 2. The molecule has 0 aliphatic carbocycles. The fourth-order valence-electron chi connectivity index (χ4n) is 3.73. The zero-order valence-corrected chi connectivity index (χ0v) is 18.4. The van der Waals surface area contributed by atoms with Crippen LogP contribution in [0.3, 0.4) is 0 Å². The van der Waals surface area contributed by atoms with Crippen molar-refractivity contribution in [1.29, 1.82) is 0 Å². The molecule has 0 fully saturated rings. The lowest BCUT2D eigenvalue weighted by atomic mass is 10.0. The van der Waals surface area contributed by atoms with Crippen molar-refractivity contribution >= 4 is 23.2 Å². The van der Waals surface area contributed by atoms with E-state index < -0.39 is 0 Å². The van der Waals surface area contributed by atoms with Crippen LogP contribution in [0, 0.1) is 0 Å². The maximum absolute atomic E-state index is 12.5. The maximum atomic E-state index is 12.5. The van der Waals surface area contributed by atoms with E-state index in [1.54, 1.807) is 12.3 Å². The number of benzene rings is 2. The summed E-state index contributed by atoms with van der Waals surface area (Å²) in [7, 11) is 0. The Balaban J connectivity index is 1.29. The molecule has 0 radical (unpaired) electrons. The Hall–Kier alpha value is -3.84. The van der Waals surface area contributed by atoms with Gasteiger partial charge in [-0.3, -0.25) is 9.78 Å². The highest BCUT2D eigenvalue weighted by Crippen LogP contribution is 2.41. The number of halogens is 1. The number of anilines is 1. The van der Waals surface area contributed by atoms with Crippen LogP contribution in [0.4, 0.5) is 5.69 Å². The number of fused-ring (bicyclic) bond motifs is 2. The third kappa shape index (κ3) is 4.83. The van der Waals surface area contributed by atoms with Crippen LogP contribution in [0.1, 0.15) is 33.7 Å². The van der Waals surface area contributed by atoms with Gasteiger partial charge in [0.15, 0.2) is 17.3 Å². The first-order valence-corrected chi connectivity index (χ1v) is 11.0. The van der Waals surface area contributed by atoms with Crippen LogP contribution in [0.15, 0.2) is 77.5 Å². The van der Waals surface area contributed by atoms with E-state index in [1.807, 2.05) is 54.6 Å². The molecular weight excluding hydrogens is 440 g/mol. The molecule has 1 amide bonds. The highest BCUT2D eigenvalue weighted by Gasteiger charge is 2.25. The molecule has 0 bridgehead atoms. The number of carbonyl (C=O) groups is 1. The highest BCUT2D eigenvalue weighted by molar-refractivity contribution is 6.30. The molecule has 7 nitrogen and oxygen atoms in total. The average molecular weight is 461 g/mol. The third-order valence-electron chi connectivity index (χ3n) is 5.34. The Kier molecular flexibility index (Phi) is 5.95. The topological polar surface area (TPSA) is 89.3 Å². The van der Waals surface area contributed by atoms with Crippen LogP contribution in [0.5, 0.6) is 11.5 Å². The number of ether oxygens (including phenoxy) is 1. The van der Waals surface area contributed by atoms with E-state index in [1.165, 1.54) is 6.26 Å². The molecule has 1 aliphatic heterocycles. The van der Waals surface area contributed by atoms with Gasteiger partial charge < -0.3 is 19.8 Å². The van der Waals surface area contributed by atoms with Crippen molar-refractivity contribution in [2.45, 2.75) is 18.9 Å². The second-order valence-electron chi connectivity index (χ2n) is 7.63. The monoisotopic (exact) mass is 460 g/mol. The molecule has 0 saturated carbocycles. The lowest BCUT2D eigenvalue weighted by Gasteiger charge is -2.17. The van der Waals surface area contributed by atoms with Gasteiger partial charge in [0.05, 0.1) is 11.7 Å². The molecule has 8 heteroatoms. The Morgan fingerprint density at radius 1 is 1.09 bits per heavy atom. The van der Waals surface area contributed by atoms with Crippen molar-refractivity contribution in [3.8, 4) is 11.5 Å². The van der Waals surface area contributed by atoms with Crippen LogP contribution in [-0.2, 0) is 12.8 Å². The molecule has 1 unspecified atom stereocenters. The SMILES string of the molecule is O=C(NCCc1ccccn1)c1coc(CC2Nc3cc(Cl)ccc3Oc3ccccc32)n1. The van der Waals surface area contributed by atoms with Gasteiger partial charge >= 0.3 is 0 Å². The Morgan fingerprint density at radius 3 is 2.85 bits per heavy atom. The minimum absolute atomic E-state index is 0.181. The largest absolute Gasteiger partial charge is 0.455 e. The number of aromatic nitrogens is 2. The maximum Gasteiger partial charge on any atom is 0.273 e. The number of pyridine rings is 1. The zero-order valence-electron chi connectivity index (χ0n) is 17.6. The van der Waals surface area contributed by atoms with Crippen LogP contribution < -0.4 is 15.4 Å². The lowest BCUT2D eigenvalue weighted by molar-refractivity contribution is 0.0949. The summed E-state index contributed by atoms with van der Waals surface area (Å²) in [5.74, 6) is 1.60. The summed E-state index contributed by atoms with van der Waals surface area (Å²) in [6.45, 7) is 0.463. The smallest absolute Gasteiger partial charge is 0.273 e. The van der Waals surface area contributed by atoms with Gasteiger partial charge in [-0.05, 0) is 36.4 Å². The predicted octanol–water partition coefficient (Wildman–Crippen LogP) is 5.20. The Labute approximate surface area is 195 Å². The Bertz CT molecular complexity index is 1280. The molecule has 33 heavy (non-hydrogen) atoms. The molecule has 1 aliphatic rings. The molecule has 1 atom stereocenters. The number of hydrogen-bond acceptors (Lipinski definition) is 6. The normalized spacial score (nSPS) is 14.3. The van der Waals surface area contributed by atoms with E-state index in [0.717, 1.165) is 22.7 Å². The molecule has 2 aromatic heterocycles. The third-order valence-corrected chi connectivity index (χ3v) is 5.58. The van der Waals surface area contributed by atoms with Crippen molar-refractivity contribution in [3.63, 3.8) is 0 Å². The fourth-order valence-corrected chi connectivity index (χ4v) is 3.91. The molecule has 0 spiro atoms. The van der Waals surface area contributed by atoms with Crippen LogP contribution in [-0.4, -0.2) is 22.4 Å². The first-order valence-electron chi connectivity index (χ1n) is 10.6. The van der Waals surface area contributed by atoms with Gasteiger partial charge in [-0.15, -0.1) is 0 Å².